The maximum absolute atomic E-state index is 11.2. The van der Waals surface area contributed by atoms with Crippen LogP contribution in [0.15, 0.2) is 29.3 Å². The third-order valence-electron chi connectivity index (χ3n) is 2.58. The van der Waals surface area contributed by atoms with Crippen LogP contribution >= 0.6 is 0 Å². The molecule has 58 valence electrons. The highest BCUT2D eigenvalue weighted by molar-refractivity contribution is 6.11. The number of aliphatic imine (C=N–C) groups is 1. The van der Waals surface area contributed by atoms with Crippen LogP contribution in [0.25, 0.3) is 0 Å². The van der Waals surface area contributed by atoms with Crippen LogP contribution in [0.5, 0.6) is 0 Å². The average molecular weight is 157 g/mol. The van der Waals surface area contributed by atoms with E-state index in [1.165, 1.54) is 0 Å². The minimum Gasteiger partial charge on any atom is -0.296 e. The van der Waals surface area contributed by atoms with Gasteiger partial charge in [-0.2, -0.15) is 0 Å². The first-order valence-electron chi connectivity index (χ1n) is 4.01. The van der Waals surface area contributed by atoms with E-state index in [4.69, 9.17) is 0 Å². The van der Waals surface area contributed by atoms with Gasteiger partial charge in [-0.3, -0.25) is 9.79 Å². The number of carbonyl (C=O) groups excluding carboxylic acids is 1. The van der Waals surface area contributed by atoms with Crippen molar-refractivity contribution in [3.8, 4) is 0 Å². The molecular weight excluding hydrogens is 150 g/mol. The van der Waals surface area contributed by atoms with Gasteiger partial charge in [0.2, 0.25) is 0 Å². The van der Waals surface area contributed by atoms with Crippen LogP contribution in [0.1, 0.15) is 17.5 Å². The quantitative estimate of drug-likeness (QED) is 0.558. The molecule has 1 fully saturated rings. The van der Waals surface area contributed by atoms with Crippen molar-refractivity contribution in [3.63, 3.8) is 0 Å². The van der Waals surface area contributed by atoms with Gasteiger partial charge in [0.15, 0.2) is 11.3 Å². The van der Waals surface area contributed by atoms with Crippen LogP contribution in [-0.4, -0.2) is 12.0 Å². The number of nitrogens with zero attached hydrogens (tertiary/aromatic N) is 1. The maximum atomic E-state index is 11.2. The second kappa shape index (κ2) is 1.66. The molecule has 1 saturated carbocycles. The van der Waals surface area contributed by atoms with Crippen LogP contribution in [0.2, 0.25) is 0 Å². The topological polar surface area (TPSA) is 29.4 Å². The molecule has 1 aliphatic heterocycles. The first kappa shape index (κ1) is 6.12. The highest BCUT2D eigenvalue weighted by atomic mass is 16.1. The first-order chi connectivity index (χ1) is 5.83. The lowest BCUT2D eigenvalue weighted by Crippen LogP contribution is -2.02. The third kappa shape index (κ3) is 0.524. The highest BCUT2D eigenvalue weighted by Gasteiger charge is 2.57. The normalized spacial score (nSPS) is 29.5. The molecule has 0 amide bonds. The molecule has 1 aromatic carbocycles. The fraction of sp³-hybridized carbons (Fsp3) is 0.200. The predicted octanol–water partition coefficient (Wildman–Crippen LogP) is 1.29. The Labute approximate surface area is 69.9 Å². The van der Waals surface area contributed by atoms with Gasteiger partial charge in [0.05, 0.1) is 0 Å². The van der Waals surface area contributed by atoms with E-state index >= 15 is 0 Å². The lowest BCUT2D eigenvalue weighted by Gasteiger charge is -2.01. The zero-order chi connectivity index (χ0) is 8.18. The van der Waals surface area contributed by atoms with Crippen molar-refractivity contribution >= 4 is 12.0 Å². The second-order valence-corrected chi connectivity index (χ2v) is 3.31. The van der Waals surface area contributed by atoms with E-state index in [1.807, 2.05) is 24.3 Å². The summed E-state index contributed by atoms with van der Waals surface area (Å²) in [6.07, 6.45) is 2.40. The zero-order valence-corrected chi connectivity index (χ0v) is 6.45. The summed E-state index contributed by atoms with van der Waals surface area (Å²) in [6, 6.07) is 7.92. The molecule has 2 nitrogen and oxygen atoms in total. The van der Waals surface area contributed by atoms with E-state index in [9.17, 15) is 4.79 Å². The Hall–Kier alpha value is -1.44. The maximum Gasteiger partial charge on any atom is 0.168 e. The summed E-state index contributed by atoms with van der Waals surface area (Å²) in [5.74, 6) is 0.253. The molecule has 1 aliphatic carbocycles. The van der Waals surface area contributed by atoms with Gasteiger partial charge in [-0.1, -0.05) is 24.3 Å². The Morgan fingerprint density at radius 1 is 1.33 bits per heavy atom. The van der Waals surface area contributed by atoms with Gasteiger partial charge in [0, 0.05) is 12.6 Å². The van der Waals surface area contributed by atoms with Crippen molar-refractivity contribution in [2.45, 2.75) is 12.0 Å². The molecule has 1 aromatic rings. The number of hydrogen-bond acceptors (Lipinski definition) is 2. The van der Waals surface area contributed by atoms with Gasteiger partial charge >= 0.3 is 0 Å². The number of benzene rings is 1. The van der Waals surface area contributed by atoms with E-state index < -0.39 is 5.54 Å². The molecule has 1 atom stereocenters. The van der Waals surface area contributed by atoms with E-state index in [-0.39, 0.29) is 5.78 Å². The number of rotatable bonds is 0. The van der Waals surface area contributed by atoms with Gasteiger partial charge < -0.3 is 0 Å². The van der Waals surface area contributed by atoms with Gasteiger partial charge in [-0.05, 0) is 11.1 Å². The Balaban J connectivity index is 2.27. The fourth-order valence-corrected chi connectivity index (χ4v) is 1.79. The predicted molar refractivity (Wildman–Crippen MR) is 45.3 cm³/mol. The monoisotopic (exact) mass is 157 g/mol. The van der Waals surface area contributed by atoms with Crippen LogP contribution in [0.3, 0.4) is 0 Å². The van der Waals surface area contributed by atoms with E-state index in [0.717, 1.165) is 11.1 Å². The lowest BCUT2D eigenvalue weighted by atomic mass is 10.0. The number of ketones is 1. The van der Waals surface area contributed by atoms with E-state index in [0.29, 0.717) is 6.42 Å². The average Bonchev–Trinajstić information content (AvgIpc) is 2.58. The van der Waals surface area contributed by atoms with Crippen molar-refractivity contribution < 1.29 is 4.79 Å². The van der Waals surface area contributed by atoms with Crippen molar-refractivity contribution in [1.29, 1.82) is 0 Å². The van der Waals surface area contributed by atoms with Crippen LogP contribution in [0, 0.1) is 0 Å². The second-order valence-electron chi connectivity index (χ2n) is 3.31. The summed E-state index contributed by atoms with van der Waals surface area (Å²) in [4.78, 5) is 15.4. The van der Waals surface area contributed by atoms with Gasteiger partial charge in [-0.25, -0.2) is 0 Å². The highest BCUT2D eigenvalue weighted by Crippen LogP contribution is 2.49. The SMILES string of the molecule is O=C1CC12N=Cc1ccccc12. The number of carbonyl (C=O) groups is 1. The molecule has 0 N–H and O–H groups in total. The Morgan fingerprint density at radius 2 is 2.08 bits per heavy atom. The molecule has 0 radical (unpaired) electrons. The Kier molecular flexibility index (Phi) is 0.845. The van der Waals surface area contributed by atoms with Gasteiger partial charge in [-0.15, -0.1) is 0 Å². The minimum atomic E-state index is -0.434. The van der Waals surface area contributed by atoms with E-state index in [1.54, 1.807) is 6.21 Å². The number of Topliss-reactive ketones (excluding diaryl/α,β-unsaturated/α-hetero) is 1. The van der Waals surface area contributed by atoms with Crippen molar-refractivity contribution in [2.24, 2.45) is 4.99 Å². The van der Waals surface area contributed by atoms with E-state index in [2.05, 4.69) is 4.99 Å². The molecule has 1 unspecified atom stereocenters. The van der Waals surface area contributed by atoms with Gasteiger partial charge in [0.1, 0.15) is 0 Å². The van der Waals surface area contributed by atoms with Crippen molar-refractivity contribution in [3.05, 3.63) is 35.4 Å². The molecule has 2 aliphatic rings. The van der Waals surface area contributed by atoms with Gasteiger partial charge in [0.25, 0.3) is 0 Å². The summed E-state index contributed by atoms with van der Waals surface area (Å²) in [6.45, 7) is 0. The largest absolute Gasteiger partial charge is 0.296 e. The smallest absolute Gasteiger partial charge is 0.168 e. The van der Waals surface area contributed by atoms with Crippen LogP contribution < -0.4 is 0 Å². The van der Waals surface area contributed by atoms with Crippen LogP contribution in [-0.2, 0) is 10.3 Å². The molecule has 3 rings (SSSR count). The Morgan fingerprint density at radius 3 is 2.83 bits per heavy atom. The minimum absolute atomic E-state index is 0.253. The zero-order valence-electron chi connectivity index (χ0n) is 6.45. The third-order valence-corrected chi connectivity index (χ3v) is 2.58. The molecule has 0 aromatic heterocycles. The van der Waals surface area contributed by atoms with Crippen LogP contribution in [0.4, 0.5) is 0 Å². The number of hydrogen-bond donors (Lipinski definition) is 0. The fourth-order valence-electron chi connectivity index (χ4n) is 1.79. The molecule has 0 bridgehead atoms. The summed E-state index contributed by atoms with van der Waals surface area (Å²) in [5.41, 5.74) is 1.76. The molecule has 12 heavy (non-hydrogen) atoms. The molecule has 1 heterocycles. The summed E-state index contributed by atoms with van der Waals surface area (Å²) >= 11 is 0. The standard InChI is InChI=1S/C10H7NO/c12-9-5-10(9)8-4-2-1-3-7(8)6-11-10/h1-4,6H,5H2. The Bertz CT molecular complexity index is 408. The molecular formula is C10H7NO. The molecule has 2 heteroatoms. The summed E-state index contributed by atoms with van der Waals surface area (Å²) in [7, 11) is 0. The molecule has 0 saturated heterocycles. The summed E-state index contributed by atoms with van der Waals surface area (Å²) < 4.78 is 0. The summed E-state index contributed by atoms with van der Waals surface area (Å²) in [5, 5.41) is 0. The van der Waals surface area contributed by atoms with Crippen molar-refractivity contribution in [2.75, 3.05) is 0 Å². The number of fused-ring (bicyclic) bond motifs is 2. The lowest BCUT2D eigenvalue weighted by molar-refractivity contribution is -0.111. The first-order valence-corrected chi connectivity index (χ1v) is 4.01. The van der Waals surface area contributed by atoms with Crippen molar-refractivity contribution in [1.82, 2.24) is 0 Å². The molecule has 1 spiro atoms.